The van der Waals surface area contributed by atoms with E-state index in [1.54, 1.807) is 0 Å². The van der Waals surface area contributed by atoms with Gasteiger partial charge in [-0.3, -0.25) is 9.59 Å². The van der Waals surface area contributed by atoms with E-state index < -0.39 is 11.9 Å². The summed E-state index contributed by atoms with van der Waals surface area (Å²) in [6.07, 6.45) is 1.11. The number of ketones is 1. The minimum atomic E-state index is -1.04. The molecule has 0 aliphatic heterocycles. The number of carboxylic acids is 1. The number of carbonyl (C=O) groups is 2. The van der Waals surface area contributed by atoms with Crippen LogP contribution in [0.3, 0.4) is 0 Å². The summed E-state index contributed by atoms with van der Waals surface area (Å²) in [5.74, 6) is -2.21. The highest BCUT2D eigenvalue weighted by atomic mass is 16.4. The number of hydrogen-bond acceptors (Lipinski definition) is 2. The molecule has 0 heterocycles. The number of carbonyl (C=O) groups excluding carboxylic acids is 1. The standard InChI is InChI=1S/C18H18O3/c19-17(13-15-9-5-2-6-10-15)16(18(20)21)12-11-14-7-3-1-4-8-14/h1-10,16H,11-13H2,(H,20,21). The molecule has 0 aliphatic carbocycles. The zero-order chi connectivity index (χ0) is 15.1. The number of rotatable bonds is 7. The summed E-state index contributed by atoms with van der Waals surface area (Å²) in [5.41, 5.74) is 1.91. The average molecular weight is 282 g/mol. The van der Waals surface area contributed by atoms with Crippen LogP contribution in [-0.4, -0.2) is 16.9 Å². The van der Waals surface area contributed by atoms with Gasteiger partial charge >= 0.3 is 5.97 Å². The van der Waals surface area contributed by atoms with E-state index in [0.717, 1.165) is 11.1 Å². The second-order valence-electron chi connectivity index (χ2n) is 5.04. The Morgan fingerprint density at radius 3 is 1.90 bits per heavy atom. The van der Waals surface area contributed by atoms with Gasteiger partial charge in [-0.05, 0) is 24.0 Å². The maximum Gasteiger partial charge on any atom is 0.314 e. The first-order valence-corrected chi connectivity index (χ1v) is 7.00. The van der Waals surface area contributed by atoms with Crippen LogP contribution >= 0.6 is 0 Å². The van der Waals surface area contributed by atoms with Gasteiger partial charge < -0.3 is 5.11 Å². The van der Waals surface area contributed by atoms with E-state index in [1.165, 1.54) is 0 Å². The molecule has 1 unspecified atom stereocenters. The fourth-order valence-electron chi connectivity index (χ4n) is 2.30. The Hall–Kier alpha value is -2.42. The predicted octanol–water partition coefficient (Wildman–Crippen LogP) is 3.13. The molecule has 3 heteroatoms. The number of Topliss-reactive ketones (excluding diaryl/α,β-unsaturated/α-hetero) is 1. The number of hydrogen-bond donors (Lipinski definition) is 1. The van der Waals surface area contributed by atoms with Gasteiger partial charge in [-0.2, -0.15) is 0 Å². The van der Waals surface area contributed by atoms with Crippen LogP contribution in [0.25, 0.3) is 0 Å². The van der Waals surface area contributed by atoms with E-state index in [-0.39, 0.29) is 12.2 Å². The molecule has 2 rings (SSSR count). The molecular weight excluding hydrogens is 264 g/mol. The van der Waals surface area contributed by atoms with Crippen molar-refractivity contribution in [1.29, 1.82) is 0 Å². The third-order valence-electron chi connectivity index (χ3n) is 3.47. The molecule has 0 bridgehead atoms. The SMILES string of the molecule is O=C(O)C(CCc1ccccc1)C(=O)Cc1ccccc1. The lowest BCUT2D eigenvalue weighted by atomic mass is 9.92. The first-order valence-electron chi connectivity index (χ1n) is 7.00. The largest absolute Gasteiger partial charge is 0.481 e. The summed E-state index contributed by atoms with van der Waals surface area (Å²) in [6, 6.07) is 18.9. The molecule has 3 nitrogen and oxygen atoms in total. The normalized spacial score (nSPS) is 11.8. The summed E-state index contributed by atoms with van der Waals surface area (Å²) < 4.78 is 0. The minimum absolute atomic E-state index is 0.173. The van der Waals surface area contributed by atoms with Gasteiger partial charge in [0.05, 0.1) is 0 Å². The lowest BCUT2D eigenvalue weighted by Gasteiger charge is -2.11. The Morgan fingerprint density at radius 2 is 1.38 bits per heavy atom. The number of aliphatic carboxylic acids is 1. The maximum absolute atomic E-state index is 12.2. The topological polar surface area (TPSA) is 54.4 Å². The molecule has 2 aromatic carbocycles. The molecular formula is C18H18O3. The van der Waals surface area contributed by atoms with E-state index in [1.807, 2.05) is 60.7 Å². The number of carboxylic acid groups (broad SMARTS) is 1. The van der Waals surface area contributed by atoms with E-state index in [2.05, 4.69) is 0 Å². The highest BCUT2D eigenvalue weighted by molar-refractivity contribution is 5.99. The minimum Gasteiger partial charge on any atom is -0.481 e. The Labute approximate surface area is 124 Å². The molecule has 1 N–H and O–H groups in total. The molecule has 21 heavy (non-hydrogen) atoms. The average Bonchev–Trinajstić information content (AvgIpc) is 2.49. The lowest BCUT2D eigenvalue weighted by molar-refractivity contribution is -0.146. The van der Waals surface area contributed by atoms with Crippen molar-refractivity contribution in [1.82, 2.24) is 0 Å². The van der Waals surface area contributed by atoms with Gasteiger partial charge in [0.15, 0.2) is 5.78 Å². The Balaban J connectivity index is 1.98. The maximum atomic E-state index is 12.2. The van der Waals surface area contributed by atoms with Gasteiger partial charge in [-0.25, -0.2) is 0 Å². The molecule has 0 fully saturated rings. The van der Waals surface area contributed by atoms with E-state index >= 15 is 0 Å². The van der Waals surface area contributed by atoms with Crippen molar-refractivity contribution in [2.45, 2.75) is 19.3 Å². The zero-order valence-corrected chi connectivity index (χ0v) is 11.7. The van der Waals surface area contributed by atoms with E-state index in [4.69, 9.17) is 0 Å². The summed E-state index contributed by atoms with van der Waals surface area (Å²) in [7, 11) is 0. The Kier molecular flexibility index (Phi) is 5.27. The van der Waals surface area contributed by atoms with Crippen molar-refractivity contribution in [2.24, 2.45) is 5.92 Å². The lowest BCUT2D eigenvalue weighted by Crippen LogP contribution is -2.26. The third kappa shape index (κ3) is 4.56. The van der Waals surface area contributed by atoms with E-state index in [9.17, 15) is 14.7 Å². The third-order valence-corrected chi connectivity index (χ3v) is 3.47. The fraction of sp³-hybridized carbons (Fsp3) is 0.222. The van der Waals surface area contributed by atoms with Crippen molar-refractivity contribution in [3.8, 4) is 0 Å². The fourth-order valence-corrected chi connectivity index (χ4v) is 2.30. The first-order chi connectivity index (χ1) is 10.2. The molecule has 0 spiro atoms. The smallest absolute Gasteiger partial charge is 0.314 e. The predicted molar refractivity (Wildman–Crippen MR) is 81.0 cm³/mol. The molecule has 0 amide bonds. The molecule has 0 saturated carbocycles. The summed E-state index contributed by atoms with van der Waals surface area (Å²) in [6.45, 7) is 0. The molecule has 0 saturated heterocycles. The van der Waals surface area contributed by atoms with Gasteiger partial charge in [0.1, 0.15) is 5.92 Å². The zero-order valence-electron chi connectivity index (χ0n) is 11.7. The van der Waals surface area contributed by atoms with Crippen molar-refractivity contribution in [3.63, 3.8) is 0 Å². The van der Waals surface area contributed by atoms with Gasteiger partial charge in [-0.15, -0.1) is 0 Å². The highest BCUT2D eigenvalue weighted by Gasteiger charge is 2.25. The molecule has 108 valence electrons. The van der Waals surface area contributed by atoms with Crippen molar-refractivity contribution < 1.29 is 14.7 Å². The number of benzene rings is 2. The molecule has 0 aromatic heterocycles. The van der Waals surface area contributed by atoms with Crippen LogP contribution in [0.5, 0.6) is 0 Å². The molecule has 0 radical (unpaired) electrons. The first kappa shape index (κ1) is 15.0. The monoisotopic (exact) mass is 282 g/mol. The molecule has 2 aromatic rings. The van der Waals surface area contributed by atoms with Gasteiger partial charge in [-0.1, -0.05) is 60.7 Å². The van der Waals surface area contributed by atoms with Crippen LogP contribution in [-0.2, 0) is 22.4 Å². The quantitative estimate of drug-likeness (QED) is 0.794. The van der Waals surface area contributed by atoms with Gasteiger partial charge in [0, 0.05) is 6.42 Å². The van der Waals surface area contributed by atoms with Gasteiger partial charge in [0.2, 0.25) is 0 Å². The van der Waals surface area contributed by atoms with Crippen LogP contribution < -0.4 is 0 Å². The van der Waals surface area contributed by atoms with Crippen LogP contribution in [0.4, 0.5) is 0 Å². The van der Waals surface area contributed by atoms with Crippen LogP contribution in [0.1, 0.15) is 17.5 Å². The molecule has 0 aliphatic rings. The van der Waals surface area contributed by atoms with Crippen molar-refractivity contribution in [3.05, 3.63) is 71.8 Å². The Bertz CT molecular complexity index is 590. The van der Waals surface area contributed by atoms with Crippen LogP contribution in [0.2, 0.25) is 0 Å². The second kappa shape index (κ2) is 7.39. The molecule has 1 atom stereocenters. The Morgan fingerprint density at radius 1 is 0.857 bits per heavy atom. The summed E-state index contributed by atoms with van der Waals surface area (Å²) in [5, 5.41) is 9.28. The summed E-state index contributed by atoms with van der Waals surface area (Å²) >= 11 is 0. The van der Waals surface area contributed by atoms with Crippen LogP contribution in [0, 0.1) is 5.92 Å². The van der Waals surface area contributed by atoms with Gasteiger partial charge in [0.25, 0.3) is 0 Å². The second-order valence-corrected chi connectivity index (χ2v) is 5.04. The van der Waals surface area contributed by atoms with Crippen molar-refractivity contribution >= 4 is 11.8 Å². The van der Waals surface area contributed by atoms with Crippen LogP contribution in [0.15, 0.2) is 60.7 Å². The van der Waals surface area contributed by atoms with Crippen molar-refractivity contribution in [2.75, 3.05) is 0 Å². The van der Waals surface area contributed by atoms with E-state index in [0.29, 0.717) is 12.8 Å². The number of aryl methyl sites for hydroxylation is 1. The summed E-state index contributed by atoms with van der Waals surface area (Å²) in [4.78, 5) is 23.5. The highest BCUT2D eigenvalue weighted by Crippen LogP contribution is 2.14.